The summed E-state index contributed by atoms with van der Waals surface area (Å²) in [5.74, 6) is 0.750. The van der Waals surface area contributed by atoms with Gasteiger partial charge in [0.1, 0.15) is 5.25 Å². The van der Waals surface area contributed by atoms with Gasteiger partial charge in [-0.25, -0.2) is 4.68 Å². The second-order valence-electron chi connectivity index (χ2n) is 6.82. The van der Waals surface area contributed by atoms with Crippen molar-refractivity contribution < 1.29 is 4.79 Å². The van der Waals surface area contributed by atoms with Gasteiger partial charge in [0.2, 0.25) is 11.1 Å². The molecular weight excluding hydrogens is 406 g/mol. The Morgan fingerprint density at radius 3 is 2.48 bits per heavy atom. The Balaban J connectivity index is 1.63. The van der Waals surface area contributed by atoms with Crippen LogP contribution in [0.15, 0.2) is 53.7 Å². The zero-order valence-electron chi connectivity index (χ0n) is 16.2. The lowest BCUT2D eigenvalue weighted by Gasteiger charge is -2.33. The van der Waals surface area contributed by atoms with Crippen molar-refractivity contribution in [1.29, 1.82) is 0 Å². The van der Waals surface area contributed by atoms with E-state index in [-0.39, 0.29) is 11.9 Å². The van der Waals surface area contributed by atoms with Crippen LogP contribution in [0.4, 0.5) is 5.69 Å². The Bertz CT molecular complexity index is 1000. The van der Waals surface area contributed by atoms with Gasteiger partial charge in [-0.2, -0.15) is 0 Å². The lowest BCUT2D eigenvalue weighted by Crippen LogP contribution is -2.41. The highest BCUT2D eigenvalue weighted by Gasteiger charge is 2.37. The van der Waals surface area contributed by atoms with E-state index in [1.165, 1.54) is 17.3 Å². The van der Waals surface area contributed by atoms with E-state index < -0.39 is 5.25 Å². The topological polar surface area (TPSA) is 71.8 Å². The third-order valence-corrected chi connectivity index (χ3v) is 6.40. The molecule has 0 unspecified atom stereocenters. The SMILES string of the molecule is CCc1ccc(NC(=O)[C@@H]2Sc3nnc(CC)n3N[C@H]2c2ccc(Cl)cc2)cc1. The molecular formula is C21H22ClN5OS. The summed E-state index contributed by atoms with van der Waals surface area (Å²) >= 11 is 7.48. The summed E-state index contributed by atoms with van der Waals surface area (Å²) in [6.07, 6.45) is 1.71. The monoisotopic (exact) mass is 427 g/mol. The van der Waals surface area contributed by atoms with E-state index in [9.17, 15) is 4.79 Å². The van der Waals surface area contributed by atoms with Gasteiger partial charge in [0.15, 0.2) is 5.82 Å². The van der Waals surface area contributed by atoms with Crippen LogP contribution in [0.1, 0.15) is 36.8 Å². The number of anilines is 1. The Labute approximate surface area is 179 Å². The van der Waals surface area contributed by atoms with Crippen molar-refractivity contribution in [2.24, 2.45) is 0 Å². The number of halogens is 1. The van der Waals surface area contributed by atoms with Gasteiger partial charge >= 0.3 is 0 Å². The van der Waals surface area contributed by atoms with E-state index in [0.29, 0.717) is 10.2 Å². The summed E-state index contributed by atoms with van der Waals surface area (Å²) in [6, 6.07) is 15.2. The van der Waals surface area contributed by atoms with Gasteiger partial charge in [-0.05, 0) is 41.8 Å². The van der Waals surface area contributed by atoms with E-state index in [4.69, 9.17) is 11.6 Å². The maximum Gasteiger partial charge on any atom is 0.240 e. The number of thioether (sulfide) groups is 1. The first-order valence-electron chi connectivity index (χ1n) is 9.61. The van der Waals surface area contributed by atoms with Crippen molar-refractivity contribution in [2.45, 2.75) is 43.1 Å². The van der Waals surface area contributed by atoms with Gasteiger partial charge in [0, 0.05) is 17.1 Å². The van der Waals surface area contributed by atoms with Gasteiger partial charge in [0.25, 0.3) is 0 Å². The van der Waals surface area contributed by atoms with Crippen LogP contribution in [0.2, 0.25) is 5.02 Å². The summed E-state index contributed by atoms with van der Waals surface area (Å²) in [7, 11) is 0. The first-order valence-corrected chi connectivity index (χ1v) is 10.9. The van der Waals surface area contributed by atoms with Gasteiger partial charge in [-0.1, -0.05) is 61.5 Å². The summed E-state index contributed by atoms with van der Waals surface area (Å²) in [5, 5.41) is 12.5. The van der Waals surface area contributed by atoms with Crippen molar-refractivity contribution in [1.82, 2.24) is 14.9 Å². The third-order valence-electron chi connectivity index (χ3n) is 4.94. The predicted octanol–water partition coefficient (Wildman–Crippen LogP) is 4.45. The quantitative estimate of drug-likeness (QED) is 0.629. The molecule has 0 saturated carbocycles. The molecule has 1 aliphatic heterocycles. The van der Waals surface area contributed by atoms with Crippen molar-refractivity contribution in [2.75, 3.05) is 10.7 Å². The van der Waals surface area contributed by atoms with Crippen molar-refractivity contribution in [3.8, 4) is 0 Å². The molecule has 150 valence electrons. The van der Waals surface area contributed by atoms with Gasteiger partial charge < -0.3 is 10.7 Å². The number of carbonyl (C=O) groups is 1. The number of fused-ring (bicyclic) bond motifs is 1. The number of aromatic nitrogens is 3. The molecule has 1 aliphatic rings. The first kappa shape index (κ1) is 19.8. The maximum atomic E-state index is 13.2. The summed E-state index contributed by atoms with van der Waals surface area (Å²) < 4.78 is 1.88. The molecule has 3 aromatic rings. The zero-order chi connectivity index (χ0) is 20.4. The third kappa shape index (κ3) is 4.11. The number of rotatable bonds is 5. The molecule has 4 rings (SSSR count). The van der Waals surface area contributed by atoms with Crippen molar-refractivity contribution >= 4 is 35.0 Å². The van der Waals surface area contributed by atoms with E-state index in [1.54, 1.807) is 0 Å². The number of hydrogen-bond acceptors (Lipinski definition) is 5. The minimum absolute atomic E-state index is 0.0843. The molecule has 2 aromatic carbocycles. The molecule has 0 spiro atoms. The fraction of sp³-hybridized carbons (Fsp3) is 0.286. The minimum atomic E-state index is -0.413. The Hall–Kier alpha value is -2.51. The molecule has 29 heavy (non-hydrogen) atoms. The number of nitrogens with one attached hydrogen (secondary N) is 2. The maximum absolute atomic E-state index is 13.2. The van der Waals surface area contributed by atoms with E-state index in [2.05, 4.69) is 27.9 Å². The number of benzene rings is 2. The van der Waals surface area contributed by atoms with Gasteiger partial charge in [-0.3, -0.25) is 4.79 Å². The molecule has 0 aliphatic carbocycles. The van der Waals surface area contributed by atoms with E-state index >= 15 is 0 Å². The summed E-state index contributed by atoms with van der Waals surface area (Å²) in [6.45, 7) is 4.13. The number of hydrogen-bond donors (Lipinski definition) is 2. The summed E-state index contributed by atoms with van der Waals surface area (Å²) in [5.41, 5.74) is 6.42. The summed E-state index contributed by atoms with van der Waals surface area (Å²) in [4.78, 5) is 13.2. The van der Waals surface area contributed by atoms with Crippen LogP contribution in [0.25, 0.3) is 0 Å². The van der Waals surface area contributed by atoms with E-state index in [0.717, 1.165) is 29.9 Å². The van der Waals surface area contributed by atoms with Crippen LogP contribution >= 0.6 is 23.4 Å². The number of carbonyl (C=O) groups excluding carboxylic acids is 1. The Morgan fingerprint density at radius 1 is 1.10 bits per heavy atom. The fourth-order valence-corrected chi connectivity index (χ4v) is 4.51. The molecule has 8 heteroatoms. The normalized spacial score (nSPS) is 18.0. The van der Waals surface area contributed by atoms with Gasteiger partial charge in [0.05, 0.1) is 6.04 Å². The van der Waals surface area contributed by atoms with Gasteiger partial charge in [-0.15, -0.1) is 10.2 Å². The standard InChI is InChI=1S/C21H22ClN5OS/c1-3-13-5-11-16(12-6-13)23-20(28)19-18(14-7-9-15(22)10-8-14)26-27-17(4-2)24-25-21(27)29-19/h5-12,18-19,26H,3-4H2,1-2H3,(H,23,28)/t18-,19+/m0/s1. The van der Waals surface area contributed by atoms with Crippen LogP contribution in [0.3, 0.4) is 0 Å². The second kappa shape index (κ2) is 8.47. The Kier molecular flexibility index (Phi) is 5.78. The highest BCUT2D eigenvalue weighted by molar-refractivity contribution is 8.00. The average Bonchev–Trinajstić information content (AvgIpc) is 3.16. The van der Waals surface area contributed by atoms with Crippen LogP contribution in [0.5, 0.6) is 0 Å². The lowest BCUT2D eigenvalue weighted by molar-refractivity contribution is -0.116. The molecule has 6 nitrogen and oxygen atoms in total. The lowest BCUT2D eigenvalue weighted by atomic mass is 10.0. The van der Waals surface area contributed by atoms with Crippen LogP contribution in [0, 0.1) is 0 Å². The van der Waals surface area contributed by atoms with Crippen LogP contribution < -0.4 is 10.7 Å². The van der Waals surface area contributed by atoms with Crippen LogP contribution in [-0.2, 0) is 17.6 Å². The highest BCUT2D eigenvalue weighted by Crippen LogP contribution is 2.37. The molecule has 2 heterocycles. The molecule has 0 radical (unpaired) electrons. The van der Waals surface area contributed by atoms with Crippen molar-refractivity contribution in [3.05, 3.63) is 70.5 Å². The number of nitrogens with zero attached hydrogens (tertiary/aromatic N) is 3. The largest absolute Gasteiger partial charge is 0.325 e. The molecule has 0 saturated heterocycles. The minimum Gasteiger partial charge on any atom is -0.325 e. The smallest absolute Gasteiger partial charge is 0.240 e. The molecule has 2 atom stereocenters. The molecule has 0 bridgehead atoms. The zero-order valence-corrected chi connectivity index (χ0v) is 17.8. The second-order valence-corrected chi connectivity index (χ2v) is 8.37. The van der Waals surface area contributed by atoms with E-state index in [1.807, 2.05) is 60.1 Å². The molecule has 2 N–H and O–H groups in total. The number of amides is 1. The predicted molar refractivity (Wildman–Crippen MR) is 117 cm³/mol. The molecule has 1 aromatic heterocycles. The first-order chi connectivity index (χ1) is 14.1. The molecule has 1 amide bonds. The fourth-order valence-electron chi connectivity index (χ4n) is 3.29. The van der Waals surface area contributed by atoms with Crippen LogP contribution in [-0.4, -0.2) is 26.0 Å². The number of aryl methyl sites for hydroxylation is 2. The highest BCUT2D eigenvalue weighted by atomic mass is 35.5. The average molecular weight is 428 g/mol. The van der Waals surface area contributed by atoms with Crippen molar-refractivity contribution in [3.63, 3.8) is 0 Å². The Morgan fingerprint density at radius 2 is 1.83 bits per heavy atom. The molecule has 0 fully saturated rings.